The lowest BCUT2D eigenvalue weighted by molar-refractivity contribution is -0.272. The van der Waals surface area contributed by atoms with Crippen LogP contribution in [0.3, 0.4) is 0 Å². The predicted octanol–water partition coefficient (Wildman–Crippen LogP) is 3.29. The Morgan fingerprint density at radius 3 is 2.73 bits per heavy atom. The Labute approximate surface area is 176 Å². The summed E-state index contributed by atoms with van der Waals surface area (Å²) in [6, 6.07) is 5.03. The van der Waals surface area contributed by atoms with Crippen molar-refractivity contribution in [2.45, 2.75) is 12.1 Å². The summed E-state index contributed by atoms with van der Waals surface area (Å²) in [7, 11) is 1.21. The molecule has 0 saturated carbocycles. The van der Waals surface area contributed by atoms with Crippen LogP contribution in [-0.4, -0.2) is 59.7 Å². The summed E-state index contributed by atoms with van der Waals surface area (Å²) in [4.78, 5) is 13.7. The number of nitrogens with one attached hydrogen (secondary N) is 2. The third-order valence-electron chi connectivity index (χ3n) is 4.21. The highest BCUT2D eigenvalue weighted by Gasteiger charge is 2.23. The van der Waals surface area contributed by atoms with Crippen molar-refractivity contribution in [1.29, 1.82) is 0 Å². The second-order valence-corrected chi connectivity index (χ2v) is 7.54. The largest absolute Gasteiger partial charge is 0.481 e. The fourth-order valence-electron chi connectivity index (χ4n) is 2.67. The van der Waals surface area contributed by atoms with Crippen LogP contribution in [0, 0.1) is 0 Å². The third kappa shape index (κ3) is 5.02. The molecule has 11 heteroatoms. The quantitative estimate of drug-likeness (QED) is 0.208. The van der Waals surface area contributed by atoms with Crippen molar-refractivity contribution in [2.24, 2.45) is 0 Å². The maximum Gasteiger partial charge on any atom is 0.313 e. The molecule has 0 aliphatic heterocycles. The minimum atomic E-state index is -1.37. The molecule has 0 aliphatic carbocycles. The number of aliphatic carboxylic acids is 1. The molecule has 0 saturated heterocycles. The Balaban J connectivity index is 2.03. The van der Waals surface area contributed by atoms with Gasteiger partial charge in [-0.25, -0.2) is 4.98 Å². The second kappa shape index (κ2) is 8.63. The number of carbonyl (C=O) groups is 1. The monoisotopic (exact) mass is 429 g/mol. The van der Waals surface area contributed by atoms with Crippen molar-refractivity contribution in [2.75, 3.05) is 12.8 Å². The van der Waals surface area contributed by atoms with Crippen molar-refractivity contribution in [3.63, 3.8) is 0 Å². The zero-order valence-corrected chi connectivity index (χ0v) is 17.1. The Morgan fingerprint density at radius 1 is 1.30 bits per heavy atom. The van der Waals surface area contributed by atoms with Gasteiger partial charge in [-0.2, -0.15) is 15.5 Å². The van der Waals surface area contributed by atoms with Gasteiger partial charge >= 0.3 is 5.97 Å². The molecular formula is C19H21N6O4S+. The molecule has 0 radical (unpaired) electrons. The van der Waals surface area contributed by atoms with E-state index in [1.165, 1.54) is 7.05 Å². The van der Waals surface area contributed by atoms with Gasteiger partial charge in [-0.1, -0.05) is 24.4 Å². The minimum absolute atomic E-state index is 0.164. The Morgan fingerprint density at radius 2 is 2.07 bits per heavy atom. The highest BCUT2D eigenvalue weighted by molar-refractivity contribution is 7.99. The van der Waals surface area contributed by atoms with E-state index in [9.17, 15) is 15.2 Å². The number of aromatic nitrogens is 5. The molecule has 30 heavy (non-hydrogen) atoms. The topological polar surface area (TPSA) is 148 Å². The first kappa shape index (κ1) is 21.5. The molecule has 3 rings (SSSR count). The van der Waals surface area contributed by atoms with Crippen LogP contribution in [-0.2, 0) is 4.79 Å². The molecule has 2 aromatic heterocycles. The maximum atomic E-state index is 10.7. The summed E-state index contributed by atoms with van der Waals surface area (Å²) in [5.74, 6) is -0.758. The number of hydroxylamine groups is 2. The second-order valence-electron chi connectivity index (χ2n) is 6.60. The number of hydrogen-bond acceptors (Lipinski definition) is 7. The molecule has 0 spiro atoms. The summed E-state index contributed by atoms with van der Waals surface area (Å²) in [6.07, 6.45) is 5.22. The van der Waals surface area contributed by atoms with Gasteiger partial charge in [0.2, 0.25) is 5.16 Å². The van der Waals surface area contributed by atoms with Crippen LogP contribution < -0.4 is 4.81 Å². The molecule has 0 bridgehead atoms. The molecule has 0 amide bonds. The van der Waals surface area contributed by atoms with Crippen molar-refractivity contribution in [3.05, 3.63) is 47.8 Å². The van der Waals surface area contributed by atoms with Crippen LogP contribution in [0.2, 0.25) is 0 Å². The van der Waals surface area contributed by atoms with E-state index in [1.54, 1.807) is 24.4 Å². The molecular weight excluding hydrogens is 408 g/mol. The average Bonchev–Trinajstić information content (AvgIpc) is 3.34. The van der Waals surface area contributed by atoms with E-state index in [0.29, 0.717) is 11.4 Å². The lowest BCUT2D eigenvalue weighted by atomic mass is 10.0. The molecule has 156 valence electrons. The first-order valence-corrected chi connectivity index (χ1v) is 9.75. The summed E-state index contributed by atoms with van der Waals surface area (Å²) in [6.45, 7) is 5.64. The zero-order chi connectivity index (χ0) is 21.9. The highest BCUT2D eigenvalue weighted by atomic mass is 32.2. The van der Waals surface area contributed by atoms with E-state index in [-0.39, 0.29) is 16.6 Å². The van der Waals surface area contributed by atoms with Gasteiger partial charge in [-0.3, -0.25) is 15.0 Å². The molecule has 0 unspecified atom stereocenters. The molecule has 0 atom stereocenters. The number of aromatic amines is 2. The molecule has 0 fully saturated rings. The first-order chi connectivity index (χ1) is 14.2. The number of carboxylic acid groups (broad SMARTS) is 1. The van der Waals surface area contributed by atoms with Gasteiger partial charge in [-0.15, -0.1) is 5.10 Å². The van der Waals surface area contributed by atoms with Crippen molar-refractivity contribution < 1.29 is 20.3 Å². The first-order valence-electron chi connectivity index (χ1n) is 8.77. The predicted molar refractivity (Wildman–Crippen MR) is 114 cm³/mol. The van der Waals surface area contributed by atoms with Crippen molar-refractivity contribution >= 4 is 41.1 Å². The lowest BCUT2D eigenvalue weighted by Crippen LogP contribution is -2.36. The van der Waals surface area contributed by atoms with Gasteiger partial charge in [-0.05, 0) is 35.0 Å². The fourth-order valence-corrected chi connectivity index (χ4v) is 3.19. The number of nitrogens with zero attached hydrogens (tertiary/aromatic N) is 4. The van der Waals surface area contributed by atoms with E-state index < -0.39 is 10.8 Å². The molecule has 1 aromatic carbocycles. The lowest BCUT2D eigenvalue weighted by Gasteiger charge is -2.17. The Kier molecular flexibility index (Phi) is 6.17. The number of H-pyrrole nitrogens is 2. The standard InChI is InChI=1S/C19H20N6O4S/c1-4-12-9-20-22-16(12)5-11(2)13-6-14(8-15(7-13)25(3,28)29)18-21-19(24-23-18)30-10-17(26)27/h4-9,28-29H,1,10H2,2-3H3,(H2-,20,21,22,23,24,26,27)/p+1/b11-5+. The van der Waals surface area contributed by atoms with Gasteiger partial charge in [0, 0.05) is 23.3 Å². The van der Waals surface area contributed by atoms with Crippen LogP contribution in [0.15, 0.2) is 36.1 Å². The number of hydrogen-bond donors (Lipinski definition) is 5. The smallest absolute Gasteiger partial charge is 0.313 e. The summed E-state index contributed by atoms with van der Waals surface area (Å²) in [5, 5.41) is 42.9. The Bertz CT molecular complexity index is 1110. The van der Waals surface area contributed by atoms with Crippen LogP contribution in [0.25, 0.3) is 29.1 Å². The SMILES string of the molecule is C=Cc1cn[nH]c1/C=C(\C)c1cc(-c2nc(SCC(=O)O)n[nH]2)cc([N+](C)(O)O)c1. The van der Waals surface area contributed by atoms with Gasteiger partial charge < -0.3 is 5.11 Å². The number of allylic oxidation sites excluding steroid dienone is 1. The fraction of sp³-hybridized carbons (Fsp3) is 0.158. The maximum absolute atomic E-state index is 10.7. The van der Waals surface area contributed by atoms with Gasteiger partial charge in [0.15, 0.2) is 11.5 Å². The van der Waals surface area contributed by atoms with Gasteiger partial charge in [0.1, 0.15) is 7.05 Å². The van der Waals surface area contributed by atoms with E-state index in [2.05, 4.69) is 32.0 Å². The number of rotatable bonds is 8. The number of carboxylic acids is 1. The average molecular weight is 429 g/mol. The van der Waals surface area contributed by atoms with E-state index in [4.69, 9.17) is 5.11 Å². The normalized spacial score (nSPS) is 12.2. The molecule has 3 aromatic rings. The number of thioether (sulfide) groups is 1. The van der Waals surface area contributed by atoms with Crippen LogP contribution in [0.1, 0.15) is 23.7 Å². The minimum Gasteiger partial charge on any atom is -0.481 e. The zero-order valence-electron chi connectivity index (χ0n) is 16.3. The van der Waals surface area contributed by atoms with E-state index in [0.717, 1.165) is 34.2 Å². The van der Waals surface area contributed by atoms with Crippen LogP contribution in [0.5, 0.6) is 0 Å². The van der Waals surface area contributed by atoms with Crippen molar-refractivity contribution in [1.82, 2.24) is 30.2 Å². The third-order valence-corrected chi connectivity index (χ3v) is 5.04. The summed E-state index contributed by atoms with van der Waals surface area (Å²) < 4.78 is 0. The Hall–Kier alpha value is -3.25. The van der Waals surface area contributed by atoms with E-state index in [1.807, 2.05) is 19.1 Å². The summed E-state index contributed by atoms with van der Waals surface area (Å²) >= 11 is 0.984. The molecule has 0 aliphatic rings. The number of quaternary nitrogens is 1. The van der Waals surface area contributed by atoms with Crippen LogP contribution in [0.4, 0.5) is 5.69 Å². The van der Waals surface area contributed by atoms with Crippen molar-refractivity contribution in [3.8, 4) is 11.4 Å². The summed E-state index contributed by atoms with van der Waals surface area (Å²) in [5.41, 5.74) is 3.93. The molecule has 5 N–H and O–H groups in total. The number of benzene rings is 1. The van der Waals surface area contributed by atoms with Gasteiger partial charge in [0.25, 0.3) is 0 Å². The van der Waals surface area contributed by atoms with Gasteiger partial charge in [0.05, 0.1) is 17.6 Å². The highest BCUT2D eigenvalue weighted by Crippen LogP contribution is 2.31. The van der Waals surface area contributed by atoms with E-state index >= 15 is 0 Å². The molecule has 2 heterocycles. The molecule has 10 nitrogen and oxygen atoms in total. The van der Waals surface area contributed by atoms with Crippen LogP contribution >= 0.6 is 11.8 Å².